The van der Waals surface area contributed by atoms with Gasteiger partial charge in [0.1, 0.15) is 11.8 Å². The molecule has 7 heteroatoms. The van der Waals surface area contributed by atoms with Crippen molar-refractivity contribution in [1.82, 2.24) is 10.7 Å². The Labute approximate surface area is 164 Å². The van der Waals surface area contributed by atoms with Gasteiger partial charge < -0.3 is 14.8 Å². The average Bonchev–Trinajstić information content (AvgIpc) is 2.69. The van der Waals surface area contributed by atoms with Crippen LogP contribution in [0.4, 0.5) is 4.79 Å². The molecular weight excluding hydrogens is 358 g/mol. The van der Waals surface area contributed by atoms with Crippen LogP contribution >= 0.6 is 0 Å². The lowest BCUT2D eigenvalue weighted by atomic mass is 10.1. The zero-order valence-electron chi connectivity index (χ0n) is 16.3. The summed E-state index contributed by atoms with van der Waals surface area (Å²) in [5.74, 6) is 0.319. The quantitative estimate of drug-likeness (QED) is 0.542. The maximum atomic E-state index is 12.5. The molecule has 0 saturated heterocycles. The highest BCUT2D eigenvalue weighted by molar-refractivity contribution is 5.88. The predicted molar refractivity (Wildman–Crippen MR) is 108 cm³/mol. The van der Waals surface area contributed by atoms with Gasteiger partial charge in [0.05, 0.1) is 19.9 Å². The van der Waals surface area contributed by atoms with E-state index in [4.69, 9.17) is 9.47 Å². The number of amides is 2. The van der Waals surface area contributed by atoms with Gasteiger partial charge in [0.2, 0.25) is 0 Å². The van der Waals surface area contributed by atoms with Gasteiger partial charge in [-0.1, -0.05) is 30.3 Å². The van der Waals surface area contributed by atoms with E-state index in [1.165, 1.54) is 0 Å². The van der Waals surface area contributed by atoms with Crippen molar-refractivity contribution in [3.63, 3.8) is 0 Å². The molecule has 0 aromatic heterocycles. The van der Waals surface area contributed by atoms with Crippen molar-refractivity contribution in [3.8, 4) is 5.75 Å². The van der Waals surface area contributed by atoms with Crippen molar-refractivity contribution in [2.45, 2.75) is 26.3 Å². The minimum atomic E-state index is -0.810. The molecule has 2 N–H and O–H groups in total. The van der Waals surface area contributed by atoms with E-state index in [0.717, 1.165) is 22.4 Å². The standard InChI is InChI=1S/C21H25N3O4/c1-4-28-21(26)23-19(13-16-8-6-5-7-9-16)20(25)24-22-14-17-10-11-18(27-3)12-15(17)2/h5-12,14,19H,4,13H2,1-3H3,(H,23,26)(H,24,25)/b22-14-/t19-/m1/s1. The molecule has 2 aromatic rings. The predicted octanol–water partition coefficient (Wildman–Crippen LogP) is 2.81. The first kappa shape index (κ1) is 21.0. The number of rotatable bonds is 8. The number of alkyl carbamates (subject to hydrolysis) is 1. The lowest BCUT2D eigenvalue weighted by Gasteiger charge is -2.16. The van der Waals surface area contributed by atoms with E-state index in [-0.39, 0.29) is 6.61 Å². The van der Waals surface area contributed by atoms with Crippen LogP contribution < -0.4 is 15.5 Å². The minimum absolute atomic E-state index is 0.223. The summed E-state index contributed by atoms with van der Waals surface area (Å²) >= 11 is 0. The molecule has 2 rings (SSSR count). The van der Waals surface area contributed by atoms with Crippen LogP contribution in [-0.2, 0) is 16.0 Å². The topological polar surface area (TPSA) is 89.0 Å². The number of hydrogen-bond acceptors (Lipinski definition) is 5. The molecule has 0 radical (unpaired) electrons. The van der Waals surface area contributed by atoms with Gasteiger partial charge in [-0.15, -0.1) is 0 Å². The third-order valence-electron chi connectivity index (χ3n) is 4.02. The van der Waals surface area contributed by atoms with E-state index in [9.17, 15) is 9.59 Å². The number of ether oxygens (including phenoxy) is 2. The number of nitrogens with one attached hydrogen (secondary N) is 2. The van der Waals surface area contributed by atoms with Crippen molar-refractivity contribution >= 4 is 18.2 Å². The summed E-state index contributed by atoms with van der Waals surface area (Å²) in [4.78, 5) is 24.3. The molecule has 0 saturated carbocycles. The highest BCUT2D eigenvalue weighted by Gasteiger charge is 2.21. The number of methoxy groups -OCH3 is 1. The second-order valence-electron chi connectivity index (χ2n) is 6.06. The van der Waals surface area contributed by atoms with Gasteiger partial charge in [0, 0.05) is 6.42 Å². The fourth-order valence-corrected chi connectivity index (χ4v) is 2.54. The summed E-state index contributed by atoms with van der Waals surface area (Å²) < 4.78 is 10.1. The first-order chi connectivity index (χ1) is 13.5. The van der Waals surface area contributed by atoms with E-state index in [1.807, 2.05) is 55.5 Å². The number of carbonyl (C=O) groups is 2. The third kappa shape index (κ3) is 6.42. The van der Waals surface area contributed by atoms with Crippen molar-refractivity contribution in [2.24, 2.45) is 5.10 Å². The summed E-state index contributed by atoms with van der Waals surface area (Å²) in [5, 5.41) is 6.59. The fraction of sp³-hybridized carbons (Fsp3) is 0.286. The molecule has 1 atom stereocenters. The molecule has 7 nitrogen and oxygen atoms in total. The molecule has 0 heterocycles. The summed E-state index contributed by atoms with van der Waals surface area (Å²) in [5.41, 5.74) is 5.20. The minimum Gasteiger partial charge on any atom is -0.497 e. The Hall–Kier alpha value is -3.35. The molecule has 0 aliphatic rings. The van der Waals surface area contributed by atoms with Gasteiger partial charge >= 0.3 is 6.09 Å². The van der Waals surface area contributed by atoms with Crippen molar-refractivity contribution in [3.05, 3.63) is 65.2 Å². The molecule has 2 amide bonds. The first-order valence-electron chi connectivity index (χ1n) is 8.98. The smallest absolute Gasteiger partial charge is 0.407 e. The van der Waals surface area contributed by atoms with E-state index in [0.29, 0.717) is 6.42 Å². The number of hydrogen-bond donors (Lipinski definition) is 2. The number of aryl methyl sites for hydroxylation is 1. The average molecular weight is 383 g/mol. The Bertz CT molecular complexity index is 822. The number of carbonyl (C=O) groups excluding carboxylic acids is 2. The van der Waals surface area contributed by atoms with Gasteiger partial charge in [0.25, 0.3) is 5.91 Å². The summed E-state index contributed by atoms with van der Waals surface area (Å²) in [7, 11) is 1.60. The van der Waals surface area contributed by atoms with Gasteiger partial charge in [-0.25, -0.2) is 10.2 Å². The Balaban J connectivity index is 2.05. The Morgan fingerprint density at radius 3 is 2.57 bits per heavy atom. The van der Waals surface area contributed by atoms with Crippen molar-refractivity contribution in [1.29, 1.82) is 0 Å². The SMILES string of the molecule is CCOC(=O)N[C@H](Cc1ccccc1)C(=O)N/N=C\c1ccc(OC)cc1C. The first-order valence-corrected chi connectivity index (χ1v) is 8.98. The van der Waals surface area contributed by atoms with Crippen LogP contribution in [0.3, 0.4) is 0 Å². The molecule has 0 spiro atoms. The molecular formula is C21H25N3O4. The molecule has 0 fully saturated rings. The van der Waals surface area contributed by atoms with Gasteiger partial charge in [-0.05, 0) is 48.7 Å². The van der Waals surface area contributed by atoms with E-state index in [2.05, 4.69) is 15.8 Å². The Morgan fingerprint density at radius 1 is 1.18 bits per heavy atom. The van der Waals surface area contributed by atoms with Gasteiger partial charge in [-0.2, -0.15) is 5.10 Å². The highest BCUT2D eigenvalue weighted by Crippen LogP contribution is 2.15. The Kier molecular flexibility index (Phi) is 8.02. The molecule has 0 aliphatic heterocycles. The summed E-state index contributed by atoms with van der Waals surface area (Å²) in [6.07, 6.45) is 1.23. The summed E-state index contributed by atoms with van der Waals surface area (Å²) in [6, 6.07) is 14.1. The van der Waals surface area contributed by atoms with Crippen LogP contribution in [0.15, 0.2) is 53.6 Å². The molecule has 28 heavy (non-hydrogen) atoms. The lowest BCUT2D eigenvalue weighted by molar-refractivity contribution is -0.123. The van der Waals surface area contributed by atoms with Crippen LogP contribution in [-0.4, -0.2) is 38.0 Å². The lowest BCUT2D eigenvalue weighted by Crippen LogP contribution is -2.47. The van der Waals surface area contributed by atoms with Crippen LogP contribution in [0.5, 0.6) is 5.75 Å². The molecule has 0 aliphatic carbocycles. The van der Waals surface area contributed by atoms with E-state index < -0.39 is 18.0 Å². The van der Waals surface area contributed by atoms with Crippen molar-refractivity contribution < 1.29 is 19.1 Å². The monoisotopic (exact) mass is 383 g/mol. The van der Waals surface area contributed by atoms with Crippen LogP contribution in [0.25, 0.3) is 0 Å². The second-order valence-corrected chi connectivity index (χ2v) is 6.06. The summed E-state index contributed by atoms with van der Waals surface area (Å²) in [6.45, 7) is 3.85. The maximum absolute atomic E-state index is 12.5. The molecule has 0 bridgehead atoms. The largest absolute Gasteiger partial charge is 0.497 e. The van der Waals surface area contributed by atoms with E-state index in [1.54, 1.807) is 20.2 Å². The molecule has 0 unspecified atom stereocenters. The number of hydrazone groups is 1. The Morgan fingerprint density at radius 2 is 1.93 bits per heavy atom. The fourth-order valence-electron chi connectivity index (χ4n) is 2.54. The normalized spacial score (nSPS) is 11.7. The van der Waals surface area contributed by atoms with Crippen LogP contribution in [0.1, 0.15) is 23.6 Å². The van der Waals surface area contributed by atoms with Crippen molar-refractivity contribution in [2.75, 3.05) is 13.7 Å². The number of benzene rings is 2. The highest BCUT2D eigenvalue weighted by atomic mass is 16.5. The van der Waals surface area contributed by atoms with E-state index >= 15 is 0 Å². The molecule has 148 valence electrons. The number of nitrogens with zero attached hydrogens (tertiary/aromatic N) is 1. The van der Waals surface area contributed by atoms with Crippen LogP contribution in [0, 0.1) is 6.92 Å². The molecule has 2 aromatic carbocycles. The van der Waals surface area contributed by atoms with Gasteiger partial charge in [-0.3, -0.25) is 4.79 Å². The third-order valence-corrected chi connectivity index (χ3v) is 4.02. The van der Waals surface area contributed by atoms with Gasteiger partial charge in [0.15, 0.2) is 0 Å². The van der Waals surface area contributed by atoms with Crippen LogP contribution in [0.2, 0.25) is 0 Å². The zero-order chi connectivity index (χ0) is 20.4. The second kappa shape index (κ2) is 10.7. The maximum Gasteiger partial charge on any atom is 0.407 e. The zero-order valence-corrected chi connectivity index (χ0v) is 16.3.